The highest BCUT2D eigenvalue weighted by molar-refractivity contribution is 7.20. The summed E-state index contributed by atoms with van der Waals surface area (Å²) in [6, 6.07) is 3.11. The normalized spacial score (nSPS) is 13.8. The molecule has 1 aliphatic carbocycles. The lowest BCUT2D eigenvalue weighted by atomic mass is 9.96. The highest BCUT2D eigenvalue weighted by atomic mass is 32.1. The van der Waals surface area contributed by atoms with E-state index < -0.39 is 0 Å². The molecule has 1 aliphatic rings. The molecule has 0 aromatic carbocycles. The molecular formula is C10H6N2O2S2. The fraction of sp³-hybridized carbons (Fsp3) is 0. The molecule has 0 fully saturated rings. The number of hydrogen-bond donors (Lipinski definition) is 2. The van der Waals surface area contributed by atoms with Crippen LogP contribution in [0.5, 0.6) is 0 Å². The minimum absolute atomic E-state index is 0.153. The lowest BCUT2D eigenvalue weighted by molar-refractivity contribution is 0.0986. The lowest BCUT2D eigenvalue weighted by Crippen LogP contribution is -2.15. The molecule has 80 valence electrons. The molecule has 4 nitrogen and oxygen atoms in total. The van der Waals surface area contributed by atoms with Crippen LogP contribution < -0.4 is 11.5 Å². The number of nitrogens with two attached hydrogens (primary N) is 2. The molecule has 16 heavy (non-hydrogen) atoms. The van der Waals surface area contributed by atoms with Crippen LogP contribution in [0.3, 0.4) is 0 Å². The number of carbonyl (C=O) groups excluding carboxylic acids is 2. The van der Waals surface area contributed by atoms with Crippen LogP contribution in [0.4, 0.5) is 10.0 Å². The van der Waals surface area contributed by atoms with Crippen LogP contribution in [0.15, 0.2) is 12.1 Å². The Kier molecular flexibility index (Phi) is 1.75. The highest BCUT2D eigenvalue weighted by Gasteiger charge is 2.33. The van der Waals surface area contributed by atoms with Gasteiger partial charge >= 0.3 is 0 Å². The Labute approximate surface area is 98.5 Å². The molecule has 4 N–H and O–H groups in total. The number of nitrogen functional groups attached to an aromatic ring is 2. The number of anilines is 2. The minimum atomic E-state index is -0.153. The minimum Gasteiger partial charge on any atom is -0.391 e. The number of carbonyl (C=O) groups is 2. The Morgan fingerprint density at radius 2 is 1.19 bits per heavy atom. The van der Waals surface area contributed by atoms with Gasteiger partial charge in [-0.15, -0.1) is 22.7 Å². The molecule has 6 heteroatoms. The smallest absolute Gasteiger partial charge is 0.205 e. The van der Waals surface area contributed by atoms with Crippen molar-refractivity contribution < 1.29 is 9.59 Å². The van der Waals surface area contributed by atoms with Gasteiger partial charge in [0.25, 0.3) is 0 Å². The second kappa shape index (κ2) is 2.93. The number of thiophene rings is 2. The fourth-order valence-corrected chi connectivity index (χ4v) is 3.49. The van der Waals surface area contributed by atoms with Gasteiger partial charge < -0.3 is 11.5 Å². The van der Waals surface area contributed by atoms with E-state index in [1.54, 1.807) is 12.1 Å². The molecule has 2 aromatic heterocycles. The van der Waals surface area contributed by atoms with E-state index in [9.17, 15) is 9.59 Å². The van der Waals surface area contributed by atoms with Gasteiger partial charge in [-0.05, 0) is 12.1 Å². The average Bonchev–Trinajstić information content (AvgIpc) is 2.78. The van der Waals surface area contributed by atoms with Crippen LogP contribution in [0.1, 0.15) is 30.5 Å². The molecule has 0 saturated carbocycles. The summed E-state index contributed by atoms with van der Waals surface area (Å²) in [5, 5.41) is 0.963. The number of ketones is 2. The second-order valence-electron chi connectivity index (χ2n) is 3.44. The molecule has 2 aromatic rings. The van der Waals surface area contributed by atoms with E-state index in [1.807, 2.05) is 0 Å². The average molecular weight is 250 g/mol. The Morgan fingerprint density at radius 3 is 1.56 bits per heavy atom. The monoisotopic (exact) mass is 250 g/mol. The molecule has 0 spiro atoms. The van der Waals surface area contributed by atoms with E-state index in [0.29, 0.717) is 30.9 Å². The standard InChI is InChI=1S/C10H6N2O2S2/c11-5-1-3-7(13)10-4(2-6(12)16-10)8(14)9(3)15-5/h1-2H,11-12H2. The van der Waals surface area contributed by atoms with Gasteiger partial charge in [-0.3, -0.25) is 9.59 Å². The molecule has 0 saturated heterocycles. The molecule has 0 radical (unpaired) electrons. The first-order chi connectivity index (χ1) is 7.58. The molecule has 2 heterocycles. The molecule has 0 aliphatic heterocycles. The van der Waals surface area contributed by atoms with Gasteiger partial charge in [0.15, 0.2) is 0 Å². The van der Waals surface area contributed by atoms with Crippen LogP contribution in [0.25, 0.3) is 0 Å². The predicted octanol–water partition coefficient (Wildman–Crippen LogP) is 1.75. The van der Waals surface area contributed by atoms with Crippen LogP contribution in [0, 0.1) is 0 Å². The van der Waals surface area contributed by atoms with E-state index >= 15 is 0 Å². The second-order valence-corrected chi connectivity index (χ2v) is 5.61. The number of fused-ring (bicyclic) bond motifs is 2. The zero-order valence-electron chi connectivity index (χ0n) is 7.94. The summed E-state index contributed by atoms with van der Waals surface area (Å²) < 4.78 is 0. The van der Waals surface area contributed by atoms with Gasteiger partial charge in [0, 0.05) is 11.1 Å². The Bertz CT molecular complexity index is 536. The Hall–Kier alpha value is -1.66. The van der Waals surface area contributed by atoms with Crippen LogP contribution in [-0.2, 0) is 0 Å². The van der Waals surface area contributed by atoms with Crippen molar-refractivity contribution in [3.05, 3.63) is 33.0 Å². The van der Waals surface area contributed by atoms with Crippen molar-refractivity contribution in [2.45, 2.75) is 0 Å². The van der Waals surface area contributed by atoms with Gasteiger partial charge in [0.2, 0.25) is 11.6 Å². The quantitative estimate of drug-likeness (QED) is 0.636. The van der Waals surface area contributed by atoms with E-state index in [-0.39, 0.29) is 11.6 Å². The van der Waals surface area contributed by atoms with Gasteiger partial charge in [0.1, 0.15) is 0 Å². The van der Waals surface area contributed by atoms with E-state index in [2.05, 4.69) is 0 Å². The fourth-order valence-electron chi connectivity index (χ4n) is 1.74. The maximum Gasteiger partial charge on any atom is 0.205 e. The molecule has 0 amide bonds. The van der Waals surface area contributed by atoms with Crippen LogP contribution in [-0.4, -0.2) is 11.6 Å². The summed E-state index contributed by atoms with van der Waals surface area (Å²) in [7, 11) is 0. The zero-order valence-corrected chi connectivity index (χ0v) is 9.58. The van der Waals surface area contributed by atoms with Gasteiger partial charge in [-0.25, -0.2) is 0 Å². The third kappa shape index (κ3) is 1.08. The third-order valence-electron chi connectivity index (χ3n) is 2.40. The largest absolute Gasteiger partial charge is 0.391 e. The van der Waals surface area contributed by atoms with Crippen LogP contribution >= 0.6 is 22.7 Å². The van der Waals surface area contributed by atoms with Crippen molar-refractivity contribution in [3.63, 3.8) is 0 Å². The first kappa shape index (κ1) is 9.56. The van der Waals surface area contributed by atoms with Gasteiger partial charge in [-0.2, -0.15) is 0 Å². The molecule has 0 unspecified atom stereocenters. The predicted molar refractivity (Wildman–Crippen MR) is 64.3 cm³/mol. The molecular weight excluding hydrogens is 244 g/mol. The molecule has 0 bridgehead atoms. The summed E-state index contributed by atoms with van der Waals surface area (Å²) in [6.45, 7) is 0. The van der Waals surface area contributed by atoms with E-state index in [0.717, 1.165) is 22.7 Å². The van der Waals surface area contributed by atoms with Crippen molar-refractivity contribution in [3.8, 4) is 0 Å². The number of hydrogen-bond acceptors (Lipinski definition) is 6. The summed E-state index contributed by atoms with van der Waals surface area (Å²) in [6.07, 6.45) is 0. The van der Waals surface area contributed by atoms with Crippen molar-refractivity contribution in [2.24, 2.45) is 0 Å². The van der Waals surface area contributed by atoms with Crippen molar-refractivity contribution in [1.29, 1.82) is 0 Å². The summed E-state index contributed by atoms with van der Waals surface area (Å²) in [5.74, 6) is -0.307. The topological polar surface area (TPSA) is 86.2 Å². The number of rotatable bonds is 0. The van der Waals surface area contributed by atoms with Gasteiger partial charge in [0.05, 0.1) is 19.8 Å². The SMILES string of the molecule is Nc1cc2c(s1)C(=O)c1cc(N)sc1C2=O. The van der Waals surface area contributed by atoms with Crippen molar-refractivity contribution in [2.75, 3.05) is 11.5 Å². The lowest BCUT2D eigenvalue weighted by Gasteiger charge is -2.08. The van der Waals surface area contributed by atoms with E-state index in [1.165, 1.54) is 0 Å². The van der Waals surface area contributed by atoms with Crippen LogP contribution in [0.2, 0.25) is 0 Å². The maximum absolute atomic E-state index is 12.0. The molecule has 3 rings (SSSR count). The first-order valence-corrected chi connectivity index (χ1v) is 6.09. The Morgan fingerprint density at radius 1 is 0.812 bits per heavy atom. The first-order valence-electron chi connectivity index (χ1n) is 4.46. The summed E-state index contributed by atoms with van der Waals surface area (Å²) in [5.41, 5.74) is 12.0. The van der Waals surface area contributed by atoms with Gasteiger partial charge in [-0.1, -0.05) is 0 Å². The van der Waals surface area contributed by atoms with E-state index in [4.69, 9.17) is 11.5 Å². The maximum atomic E-state index is 12.0. The van der Waals surface area contributed by atoms with Crippen molar-refractivity contribution >= 4 is 44.2 Å². The summed E-state index contributed by atoms with van der Waals surface area (Å²) in [4.78, 5) is 24.9. The van der Waals surface area contributed by atoms with Crippen molar-refractivity contribution in [1.82, 2.24) is 0 Å². The third-order valence-corrected chi connectivity index (χ3v) is 4.33. The highest BCUT2D eigenvalue weighted by Crippen LogP contribution is 2.38. The molecule has 0 atom stereocenters. The zero-order chi connectivity index (χ0) is 11.4. The summed E-state index contributed by atoms with van der Waals surface area (Å²) >= 11 is 2.29. The Balaban J connectivity index is 2.32.